The predicted octanol–water partition coefficient (Wildman–Crippen LogP) is 0.734. The highest BCUT2D eigenvalue weighted by Gasteiger charge is 2.08. The van der Waals surface area contributed by atoms with Crippen LogP contribution in [-0.2, 0) is 9.53 Å². The van der Waals surface area contributed by atoms with Gasteiger partial charge in [-0.2, -0.15) is 15.0 Å². The first-order valence-corrected chi connectivity index (χ1v) is 6.63. The summed E-state index contributed by atoms with van der Waals surface area (Å²) in [6, 6.07) is 0. The Morgan fingerprint density at radius 3 is 2.35 bits per heavy atom. The summed E-state index contributed by atoms with van der Waals surface area (Å²) in [6.07, 6.45) is 0.271. The number of nitrogens with one attached hydrogen (secondary N) is 2. The zero-order chi connectivity index (χ0) is 15.0. The minimum Gasteiger partial charge on any atom is -0.466 e. The fraction of sp³-hybridized carbons (Fsp3) is 0.667. The van der Waals surface area contributed by atoms with E-state index < -0.39 is 0 Å². The highest BCUT2D eigenvalue weighted by atomic mass is 16.5. The number of ether oxygens (including phenoxy) is 1. The summed E-state index contributed by atoms with van der Waals surface area (Å²) in [6.45, 7) is 5.27. The third kappa shape index (κ3) is 5.25. The van der Waals surface area contributed by atoms with Crippen LogP contribution < -0.4 is 15.5 Å². The molecule has 0 saturated heterocycles. The second-order valence-corrected chi connectivity index (χ2v) is 4.19. The van der Waals surface area contributed by atoms with Crippen LogP contribution in [0.2, 0.25) is 0 Å². The summed E-state index contributed by atoms with van der Waals surface area (Å²) in [5, 5.41) is 6.04. The van der Waals surface area contributed by atoms with Crippen LogP contribution in [-0.4, -0.2) is 54.7 Å². The van der Waals surface area contributed by atoms with E-state index in [9.17, 15) is 4.79 Å². The van der Waals surface area contributed by atoms with Gasteiger partial charge in [0.15, 0.2) is 0 Å². The van der Waals surface area contributed by atoms with Crippen molar-refractivity contribution < 1.29 is 9.53 Å². The van der Waals surface area contributed by atoms with Crippen LogP contribution >= 0.6 is 0 Å². The van der Waals surface area contributed by atoms with Crippen molar-refractivity contribution in [2.45, 2.75) is 20.3 Å². The van der Waals surface area contributed by atoms with Gasteiger partial charge in [-0.1, -0.05) is 0 Å². The molecule has 1 rings (SSSR count). The Labute approximate surface area is 119 Å². The fourth-order valence-corrected chi connectivity index (χ4v) is 1.39. The molecule has 0 aromatic carbocycles. The van der Waals surface area contributed by atoms with Crippen molar-refractivity contribution in [3.63, 3.8) is 0 Å². The molecule has 0 saturated carbocycles. The summed E-state index contributed by atoms with van der Waals surface area (Å²) in [5.41, 5.74) is 0. The van der Waals surface area contributed by atoms with Crippen molar-refractivity contribution in [2.24, 2.45) is 0 Å². The van der Waals surface area contributed by atoms with Crippen molar-refractivity contribution in [1.29, 1.82) is 0 Å². The topological polar surface area (TPSA) is 92.3 Å². The minimum absolute atomic E-state index is 0.242. The first-order chi connectivity index (χ1) is 9.56. The van der Waals surface area contributed by atoms with E-state index in [0.717, 1.165) is 6.54 Å². The average molecular weight is 282 g/mol. The zero-order valence-corrected chi connectivity index (χ0v) is 12.4. The first-order valence-electron chi connectivity index (χ1n) is 6.63. The Morgan fingerprint density at radius 2 is 1.80 bits per heavy atom. The predicted molar refractivity (Wildman–Crippen MR) is 78.1 cm³/mol. The van der Waals surface area contributed by atoms with Crippen LogP contribution in [0.25, 0.3) is 0 Å². The highest BCUT2D eigenvalue weighted by Crippen LogP contribution is 2.11. The molecule has 0 aliphatic rings. The summed E-state index contributed by atoms with van der Waals surface area (Å²) in [7, 11) is 3.71. The second-order valence-electron chi connectivity index (χ2n) is 4.19. The first kappa shape index (κ1) is 15.9. The average Bonchev–Trinajstić information content (AvgIpc) is 2.39. The lowest BCUT2D eigenvalue weighted by molar-refractivity contribution is -0.142. The van der Waals surface area contributed by atoms with Gasteiger partial charge in [-0.3, -0.25) is 4.79 Å². The van der Waals surface area contributed by atoms with Gasteiger partial charge in [0.1, 0.15) is 0 Å². The van der Waals surface area contributed by atoms with E-state index in [0.29, 0.717) is 31.0 Å². The molecule has 0 radical (unpaired) electrons. The minimum atomic E-state index is -0.242. The number of aromatic nitrogens is 3. The van der Waals surface area contributed by atoms with Gasteiger partial charge in [0.25, 0.3) is 0 Å². The van der Waals surface area contributed by atoms with Gasteiger partial charge in [-0.05, 0) is 13.8 Å². The Bertz CT molecular complexity index is 438. The summed E-state index contributed by atoms with van der Waals surface area (Å²) in [5.74, 6) is 1.25. The molecular weight excluding hydrogens is 260 g/mol. The molecule has 1 heterocycles. The number of carbonyl (C=O) groups excluding carboxylic acids is 1. The van der Waals surface area contributed by atoms with Crippen LogP contribution in [0.1, 0.15) is 20.3 Å². The highest BCUT2D eigenvalue weighted by molar-refractivity contribution is 5.69. The molecule has 0 atom stereocenters. The van der Waals surface area contributed by atoms with E-state index >= 15 is 0 Å². The molecule has 1 aromatic rings. The maximum atomic E-state index is 11.2. The van der Waals surface area contributed by atoms with Crippen molar-refractivity contribution in [2.75, 3.05) is 49.3 Å². The van der Waals surface area contributed by atoms with Crippen molar-refractivity contribution >= 4 is 23.8 Å². The molecule has 112 valence electrons. The van der Waals surface area contributed by atoms with Crippen molar-refractivity contribution in [1.82, 2.24) is 15.0 Å². The van der Waals surface area contributed by atoms with E-state index in [4.69, 9.17) is 4.74 Å². The van der Waals surface area contributed by atoms with Gasteiger partial charge in [-0.25, -0.2) is 0 Å². The third-order valence-electron chi connectivity index (χ3n) is 2.28. The molecule has 8 heteroatoms. The van der Waals surface area contributed by atoms with E-state index in [1.54, 1.807) is 11.8 Å². The van der Waals surface area contributed by atoms with Crippen LogP contribution in [0.3, 0.4) is 0 Å². The second kappa shape index (κ2) is 8.13. The summed E-state index contributed by atoms with van der Waals surface area (Å²) >= 11 is 0. The van der Waals surface area contributed by atoms with Crippen LogP contribution in [0, 0.1) is 0 Å². The van der Waals surface area contributed by atoms with E-state index in [-0.39, 0.29) is 12.4 Å². The Kier molecular flexibility index (Phi) is 6.48. The molecule has 0 bridgehead atoms. The van der Waals surface area contributed by atoms with Crippen LogP contribution in [0.15, 0.2) is 0 Å². The maximum absolute atomic E-state index is 11.2. The van der Waals surface area contributed by atoms with Gasteiger partial charge in [0.2, 0.25) is 17.8 Å². The Morgan fingerprint density at radius 1 is 1.15 bits per heavy atom. The zero-order valence-electron chi connectivity index (χ0n) is 12.4. The van der Waals surface area contributed by atoms with Crippen molar-refractivity contribution in [3.8, 4) is 0 Å². The number of anilines is 3. The van der Waals surface area contributed by atoms with E-state index in [1.807, 2.05) is 21.0 Å². The Balaban J connectivity index is 2.66. The molecule has 0 fully saturated rings. The summed E-state index contributed by atoms with van der Waals surface area (Å²) in [4.78, 5) is 25.8. The fourth-order valence-electron chi connectivity index (χ4n) is 1.39. The molecule has 0 unspecified atom stereocenters. The lowest BCUT2D eigenvalue weighted by Gasteiger charge is -2.13. The number of esters is 1. The molecular formula is C12H22N6O2. The van der Waals surface area contributed by atoms with Gasteiger partial charge >= 0.3 is 5.97 Å². The molecule has 0 amide bonds. The van der Waals surface area contributed by atoms with Crippen LogP contribution in [0.4, 0.5) is 17.8 Å². The van der Waals surface area contributed by atoms with E-state index in [2.05, 4.69) is 25.6 Å². The molecule has 20 heavy (non-hydrogen) atoms. The summed E-state index contributed by atoms with van der Waals surface area (Å²) < 4.78 is 4.85. The smallest absolute Gasteiger partial charge is 0.307 e. The lowest BCUT2D eigenvalue weighted by atomic mass is 10.4. The standard InChI is InChI=1S/C12H22N6O2/c1-5-13-10-15-11(17-12(16-10)18(3)4)14-8-7-9(19)20-6-2/h5-8H2,1-4H3,(H2,13,14,15,16,17). The molecule has 0 aliphatic heterocycles. The molecule has 8 nitrogen and oxygen atoms in total. The third-order valence-corrected chi connectivity index (χ3v) is 2.28. The normalized spacial score (nSPS) is 10.0. The van der Waals surface area contributed by atoms with Gasteiger partial charge in [0.05, 0.1) is 13.0 Å². The van der Waals surface area contributed by atoms with Gasteiger partial charge in [0, 0.05) is 27.2 Å². The largest absolute Gasteiger partial charge is 0.466 e. The van der Waals surface area contributed by atoms with Crippen molar-refractivity contribution in [3.05, 3.63) is 0 Å². The monoisotopic (exact) mass is 282 g/mol. The SMILES string of the molecule is CCNc1nc(NCCC(=O)OCC)nc(N(C)C)n1. The van der Waals surface area contributed by atoms with Crippen LogP contribution in [0.5, 0.6) is 0 Å². The molecule has 1 aromatic heterocycles. The Hall–Kier alpha value is -2.12. The lowest BCUT2D eigenvalue weighted by Crippen LogP contribution is -2.18. The quantitative estimate of drug-likeness (QED) is 0.674. The number of hydrogen-bond donors (Lipinski definition) is 2. The number of hydrogen-bond acceptors (Lipinski definition) is 8. The van der Waals surface area contributed by atoms with Gasteiger partial charge < -0.3 is 20.3 Å². The molecule has 0 spiro atoms. The number of carbonyl (C=O) groups is 1. The maximum Gasteiger partial charge on any atom is 0.307 e. The van der Waals surface area contributed by atoms with E-state index in [1.165, 1.54) is 0 Å². The number of nitrogens with zero attached hydrogens (tertiary/aromatic N) is 4. The molecule has 0 aliphatic carbocycles. The molecule has 2 N–H and O–H groups in total. The number of rotatable bonds is 8. The van der Waals surface area contributed by atoms with Gasteiger partial charge in [-0.15, -0.1) is 0 Å².